The second-order valence-corrected chi connectivity index (χ2v) is 13.3. The molecule has 8 nitrogen and oxygen atoms in total. The van der Waals surface area contributed by atoms with Gasteiger partial charge in [-0.2, -0.15) is 18.4 Å². The zero-order chi connectivity index (χ0) is 29.3. The molecular weight excluding hydrogens is 513 g/mol. The van der Waals surface area contributed by atoms with Crippen LogP contribution >= 0.6 is 0 Å². The summed E-state index contributed by atoms with van der Waals surface area (Å²) in [6.45, 7) is 8.82. The Kier molecular flexibility index (Phi) is 9.08. The molecule has 2 N–H and O–H groups in total. The molecule has 0 bridgehead atoms. The van der Waals surface area contributed by atoms with Crippen LogP contribution in [0.1, 0.15) is 86.0 Å². The van der Waals surface area contributed by atoms with E-state index in [1.165, 1.54) is 4.90 Å². The van der Waals surface area contributed by atoms with Crippen LogP contribution in [0.2, 0.25) is 0 Å². The van der Waals surface area contributed by atoms with Gasteiger partial charge in [-0.25, -0.2) is 0 Å². The van der Waals surface area contributed by atoms with Gasteiger partial charge in [-0.05, 0) is 50.4 Å². The Morgan fingerprint density at radius 2 is 1.77 bits per heavy atom. The van der Waals surface area contributed by atoms with Crippen molar-refractivity contribution in [2.45, 2.75) is 110 Å². The summed E-state index contributed by atoms with van der Waals surface area (Å²) in [5, 5.41) is 15.3. The lowest BCUT2D eigenvalue weighted by Crippen LogP contribution is -2.52. The van der Waals surface area contributed by atoms with E-state index in [4.69, 9.17) is 0 Å². The monoisotopic (exact) mass is 554 g/mol. The van der Waals surface area contributed by atoms with Crippen molar-refractivity contribution in [2.75, 3.05) is 6.54 Å². The summed E-state index contributed by atoms with van der Waals surface area (Å²) in [5.74, 6) is -4.75. The molecule has 0 aromatic rings. The highest BCUT2D eigenvalue weighted by molar-refractivity contribution is 5.93. The van der Waals surface area contributed by atoms with E-state index in [1.807, 2.05) is 19.9 Å². The number of halogens is 3. The third-order valence-electron chi connectivity index (χ3n) is 8.62. The average Bonchev–Trinajstić information content (AvgIpc) is 3.53. The van der Waals surface area contributed by atoms with Gasteiger partial charge in [0.2, 0.25) is 23.5 Å². The van der Waals surface area contributed by atoms with Crippen molar-refractivity contribution in [3.63, 3.8) is 0 Å². The molecule has 3 fully saturated rings. The van der Waals surface area contributed by atoms with Crippen molar-refractivity contribution in [1.29, 1.82) is 5.26 Å². The lowest BCUT2D eigenvalue weighted by molar-refractivity contribution is -0.174. The number of ketones is 1. The van der Waals surface area contributed by atoms with Crippen molar-refractivity contribution in [2.24, 2.45) is 29.1 Å². The maximum Gasteiger partial charge on any atom is 0.449 e. The summed E-state index contributed by atoms with van der Waals surface area (Å²) in [4.78, 5) is 52.9. The topological polar surface area (TPSA) is 119 Å². The van der Waals surface area contributed by atoms with Crippen molar-refractivity contribution in [3.05, 3.63) is 0 Å². The fourth-order valence-electron chi connectivity index (χ4n) is 6.48. The number of likely N-dealkylation sites (tertiary alicyclic amines) is 1. The predicted octanol–water partition coefficient (Wildman–Crippen LogP) is 3.89. The van der Waals surface area contributed by atoms with Crippen LogP contribution in [0.3, 0.4) is 0 Å². The van der Waals surface area contributed by atoms with E-state index in [0.29, 0.717) is 18.8 Å². The Balaban J connectivity index is 1.81. The minimum Gasteiger partial charge on any atom is -0.351 e. The van der Waals surface area contributed by atoms with Crippen molar-refractivity contribution < 1.29 is 32.3 Å². The van der Waals surface area contributed by atoms with Crippen molar-refractivity contribution in [1.82, 2.24) is 15.5 Å². The summed E-state index contributed by atoms with van der Waals surface area (Å²) >= 11 is 0. The van der Waals surface area contributed by atoms with Gasteiger partial charge < -0.3 is 15.5 Å². The first-order chi connectivity index (χ1) is 17.9. The van der Waals surface area contributed by atoms with Gasteiger partial charge in [0.1, 0.15) is 12.1 Å². The van der Waals surface area contributed by atoms with E-state index in [-0.39, 0.29) is 24.8 Å². The molecule has 3 aliphatic rings. The Bertz CT molecular complexity index is 1010. The van der Waals surface area contributed by atoms with Crippen molar-refractivity contribution in [3.8, 4) is 6.07 Å². The first-order valence-electron chi connectivity index (χ1n) is 13.9. The summed E-state index contributed by atoms with van der Waals surface area (Å²) in [7, 11) is 0. The second-order valence-electron chi connectivity index (χ2n) is 13.3. The molecule has 0 radical (unpaired) electrons. The Hall–Kier alpha value is -2.64. The van der Waals surface area contributed by atoms with E-state index in [1.54, 1.807) is 20.8 Å². The number of carbonyl (C=O) groups is 4. The van der Waals surface area contributed by atoms with Gasteiger partial charge in [-0.3, -0.25) is 19.2 Å². The molecule has 5 atom stereocenters. The van der Waals surface area contributed by atoms with Gasteiger partial charge in [0.05, 0.1) is 12.0 Å². The zero-order valence-electron chi connectivity index (χ0n) is 23.5. The number of hydrogen-bond donors (Lipinski definition) is 2. The van der Waals surface area contributed by atoms with Gasteiger partial charge in [-0.15, -0.1) is 0 Å². The van der Waals surface area contributed by atoms with Gasteiger partial charge >= 0.3 is 6.18 Å². The highest BCUT2D eigenvalue weighted by Gasteiger charge is 2.49. The lowest BCUT2D eigenvalue weighted by Gasteiger charge is -2.35. The molecule has 2 heterocycles. The summed E-state index contributed by atoms with van der Waals surface area (Å²) in [6.07, 6.45) is -1.04. The number of nitrogens with one attached hydrogen (secondary N) is 2. The van der Waals surface area contributed by atoms with E-state index >= 15 is 0 Å². The van der Waals surface area contributed by atoms with E-state index in [2.05, 4.69) is 10.6 Å². The number of hydrogen-bond acceptors (Lipinski definition) is 5. The number of carbonyl (C=O) groups excluding carboxylic acids is 4. The number of nitriles is 1. The predicted molar refractivity (Wildman–Crippen MR) is 137 cm³/mol. The third kappa shape index (κ3) is 7.52. The number of nitrogens with zero attached hydrogens (tertiary/aromatic N) is 2. The second kappa shape index (κ2) is 11.5. The van der Waals surface area contributed by atoms with Crippen LogP contribution in [0.15, 0.2) is 0 Å². The quantitative estimate of drug-likeness (QED) is 0.472. The molecule has 11 heteroatoms. The molecule has 3 rings (SSSR count). The molecular formula is C28H41F3N4O4. The van der Waals surface area contributed by atoms with Crippen LogP contribution in [-0.4, -0.2) is 58.7 Å². The van der Waals surface area contributed by atoms with Gasteiger partial charge in [0, 0.05) is 24.4 Å². The molecule has 1 saturated carbocycles. The van der Waals surface area contributed by atoms with Crippen molar-refractivity contribution >= 4 is 23.5 Å². The van der Waals surface area contributed by atoms with Gasteiger partial charge in [0.15, 0.2) is 0 Å². The molecule has 39 heavy (non-hydrogen) atoms. The number of alkyl halides is 3. The number of rotatable bonds is 8. The van der Waals surface area contributed by atoms with E-state index in [9.17, 15) is 37.6 Å². The van der Waals surface area contributed by atoms with Crippen LogP contribution in [-0.2, 0) is 19.2 Å². The largest absolute Gasteiger partial charge is 0.449 e. The van der Waals surface area contributed by atoms with Crippen LogP contribution in [0, 0.1) is 40.4 Å². The van der Waals surface area contributed by atoms with Crippen LogP contribution in [0.25, 0.3) is 0 Å². The van der Waals surface area contributed by atoms with Gasteiger partial charge in [-0.1, -0.05) is 46.5 Å². The normalized spacial score (nSPS) is 27.1. The first-order valence-corrected chi connectivity index (χ1v) is 13.9. The molecule has 2 saturated heterocycles. The number of Topliss-reactive ketones (excluding diaryl/α,β-unsaturated/α-hetero) is 1. The minimum atomic E-state index is -5.06. The van der Waals surface area contributed by atoms with Crippen LogP contribution in [0.4, 0.5) is 13.2 Å². The van der Waals surface area contributed by atoms with Crippen LogP contribution in [0.5, 0.6) is 0 Å². The molecule has 3 amide bonds. The highest BCUT2D eigenvalue weighted by Crippen LogP contribution is 2.41. The third-order valence-corrected chi connectivity index (χ3v) is 8.62. The highest BCUT2D eigenvalue weighted by atomic mass is 19.4. The zero-order valence-corrected chi connectivity index (χ0v) is 23.5. The molecule has 1 aliphatic carbocycles. The maximum atomic E-state index is 13.8. The maximum absolute atomic E-state index is 13.8. The Morgan fingerprint density at radius 1 is 1.15 bits per heavy atom. The SMILES string of the molecule is CC1(C)CC(CC(C#N)NC(=O)C2CC(C3CCCC3)CN2C(=O)C(CC(=O)C(F)(F)F)C(C)(C)C)C(=O)N1. The molecule has 0 aromatic carbocycles. The fraction of sp³-hybridized carbons (Fsp3) is 0.821. The molecule has 2 aliphatic heterocycles. The Morgan fingerprint density at radius 3 is 2.26 bits per heavy atom. The van der Waals surface area contributed by atoms with Gasteiger partial charge in [0.25, 0.3) is 0 Å². The molecule has 0 spiro atoms. The average molecular weight is 555 g/mol. The van der Waals surface area contributed by atoms with E-state index in [0.717, 1.165) is 25.7 Å². The smallest absolute Gasteiger partial charge is 0.351 e. The molecule has 5 unspecified atom stereocenters. The molecule has 0 aromatic heterocycles. The summed E-state index contributed by atoms with van der Waals surface area (Å²) in [6, 6.07) is 0.124. The standard InChI is InChI=1S/C28H41F3N4O4/c1-26(2,3)20(12-22(36)28(29,30)31)25(39)35-15-18(16-8-6-7-9-16)11-21(35)24(38)33-19(14-32)10-17-13-27(4,5)34-23(17)37/h16-21H,6-13,15H2,1-5H3,(H,33,38)(H,34,37). The fourth-order valence-corrected chi connectivity index (χ4v) is 6.48. The first kappa shape index (κ1) is 30.9. The Labute approximate surface area is 228 Å². The summed E-state index contributed by atoms with van der Waals surface area (Å²) < 4.78 is 39.4. The lowest BCUT2D eigenvalue weighted by atomic mass is 9.76. The van der Waals surface area contributed by atoms with E-state index < -0.39 is 65.1 Å². The number of amides is 3. The molecule has 218 valence electrons. The summed E-state index contributed by atoms with van der Waals surface area (Å²) in [5.41, 5.74) is -1.37. The minimum absolute atomic E-state index is 0.00748. The van der Waals surface area contributed by atoms with Crippen LogP contribution < -0.4 is 10.6 Å².